The van der Waals surface area contributed by atoms with Gasteiger partial charge in [0.25, 0.3) is 5.69 Å². The van der Waals surface area contributed by atoms with Crippen molar-refractivity contribution < 1.29 is 14.8 Å². The van der Waals surface area contributed by atoms with Gasteiger partial charge in [0.1, 0.15) is 11.8 Å². The average molecular weight is 225 g/mol. The van der Waals surface area contributed by atoms with Gasteiger partial charge >= 0.3 is 0 Å². The maximum absolute atomic E-state index is 10.6. The van der Waals surface area contributed by atoms with Gasteiger partial charge in [-0.15, -0.1) is 0 Å². The van der Waals surface area contributed by atoms with E-state index in [4.69, 9.17) is 10.8 Å². The van der Waals surface area contributed by atoms with Gasteiger partial charge < -0.3 is 16.2 Å². The van der Waals surface area contributed by atoms with Crippen molar-refractivity contribution in [1.82, 2.24) is 0 Å². The van der Waals surface area contributed by atoms with E-state index in [1.54, 1.807) is 6.07 Å². The lowest BCUT2D eigenvalue weighted by molar-refractivity contribution is -0.384. The molecule has 0 radical (unpaired) electrons. The third kappa shape index (κ3) is 2.92. The topological polar surface area (TPSA) is 118 Å². The Hall–Kier alpha value is -2.15. The van der Waals surface area contributed by atoms with Crippen LogP contribution in [0.5, 0.6) is 0 Å². The molecule has 1 aromatic carbocycles. The Labute approximate surface area is 91.0 Å². The van der Waals surface area contributed by atoms with Crippen LogP contribution in [0, 0.1) is 10.1 Å². The molecule has 4 N–H and O–H groups in total. The number of para-hydroxylation sites is 2. The Bertz CT molecular complexity index is 407. The summed E-state index contributed by atoms with van der Waals surface area (Å²) < 4.78 is 0. The van der Waals surface area contributed by atoms with Crippen molar-refractivity contribution in [2.45, 2.75) is 6.10 Å². The first kappa shape index (κ1) is 11.9. The molecule has 1 unspecified atom stereocenters. The molecule has 0 heterocycles. The number of hydrogen-bond acceptors (Lipinski definition) is 5. The molecule has 0 aliphatic carbocycles. The van der Waals surface area contributed by atoms with Gasteiger partial charge in [0, 0.05) is 6.07 Å². The molecule has 0 aliphatic rings. The number of primary amides is 1. The van der Waals surface area contributed by atoms with Crippen LogP contribution in [0.3, 0.4) is 0 Å². The summed E-state index contributed by atoms with van der Waals surface area (Å²) in [6, 6.07) is 5.92. The third-order valence-electron chi connectivity index (χ3n) is 1.92. The molecule has 0 spiro atoms. The minimum atomic E-state index is -1.38. The Morgan fingerprint density at radius 3 is 2.75 bits per heavy atom. The van der Waals surface area contributed by atoms with Crippen LogP contribution in [0.1, 0.15) is 0 Å². The fourth-order valence-electron chi connectivity index (χ4n) is 1.09. The van der Waals surface area contributed by atoms with Crippen LogP contribution in [0.25, 0.3) is 0 Å². The number of nitrogens with zero attached hydrogens (tertiary/aromatic N) is 1. The van der Waals surface area contributed by atoms with Crippen LogP contribution in [-0.2, 0) is 4.79 Å². The number of carbonyl (C=O) groups is 1. The van der Waals surface area contributed by atoms with Crippen molar-refractivity contribution >= 4 is 17.3 Å². The van der Waals surface area contributed by atoms with Crippen molar-refractivity contribution in [2.24, 2.45) is 5.73 Å². The SMILES string of the molecule is NC(=O)C(O)CNc1ccccc1[N+](=O)[O-]. The lowest BCUT2D eigenvalue weighted by Gasteiger charge is -2.09. The predicted molar refractivity (Wildman–Crippen MR) is 56.8 cm³/mol. The smallest absolute Gasteiger partial charge is 0.292 e. The summed E-state index contributed by atoms with van der Waals surface area (Å²) in [7, 11) is 0. The molecule has 0 saturated carbocycles. The van der Waals surface area contributed by atoms with Crippen LogP contribution in [0.2, 0.25) is 0 Å². The molecule has 0 bridgehead atoms. The number of amides is 1. The molecule has 7 heteroatoms. The zero-order chi connectivity index (χ0) is 12.1. The number of aliphatic hydroxyl groups excluding tert-OH is 1. The Balaban J connectivity index is 2.74. The lowest BCUT2D eigenvalue weighted by Crippen LogP contribution is -2.34. The molecular weight excluding hydrogens is 214 g/mol. The van der Waals surface area contributed by atoms with Crippen molar-refractivity contribution in [2.75, 3.05) is 11.9 Å². The van der Waals surface area contributed by atoms with Gasteiger partial charge in [0.15, 0.2) is 0 Å². The van der Waals surface area contributed by atoms with Crippen molar-refractivity contribution in [1.29, 1.82) is 0 Å². The maximum atomic E-state index is 10.6. The molecule has 1 aromatic rings. The second-order valence-electron chi connectivity index (χ2n) is 3.07. The molecule has 1 amide bonds. The van der Waals surface area contributed by atoms with Crippen LogP contribution in [-0.4, -0.2) is 28.6 Å². The van der Waals surface area contributed by atoms with Gasteiger partial charge in [-0.2, -0.15) is 0 Å². The van der Waals surface area contributed by atoms with Crippen LogP contribution in [0.4, 0.5) is 11.4 Å². The summed E-state index contributed by atoms with van der Waals surface area (Å²) in [5.41, 5.74) is 4.94. The first-order valence-electron chi connectivity index (χ1n) is 4.47. The van der Waals surface area contributed by atoms with Crippen LogP contribution >= 0.6 is 0 Å². The van der Waals surface area contributed by atoms with E-state index in [1.807, 2.05) is 0 Å². The number of nitro benzene ring substituents is 1. The van der Waals surface area contributed by atoms with E-state index in [-0.39, 0.29) is 17.9 Å². The highest BCUT2D eigenvalue weighted by Gasteiger charge is 2.15. The van der Waals surface area contributed by atoms with E-state index in [0.717, 1.165) is 0 Å². The Morgan fingerprint density at radius 2 is 2.19 bits per heavy atom. The fraction of sp³-hybridized carbons (Fsp3) is 0.222. The summed E-state index contributed by atoms with van der Waals surface area (Å²) in [4.78, 5) is 20.6. The second kappa shape index (κ2) is 5.08. The first-order valence-corrected chi connectivity index (χ1v) is 4.47. The van der Waals surface area contributed by atoms with Gasteiger partial charge in [-0.05, 0) is 6.07 Å². The predicted octanol–water partition coefficient (Wildman–Crippen LogP) is -0.147. The van der Waals surface area contributed by atoms with Gasteiger partial charge in [0.05, 0.1) is 11.5 Å². The summed E-state index contributed by atoms with van der Waals surface area (Å²) in [6.07, 6.45) is -1.38. The van der Waals surface area contributed by atoms with Gasteiger partial charge in [0.2, 0.25) is 5.91 Å². The molecule has 86 valence electrons. The standard InChI is InChI=1S/C9H11N3O4/c10-9(14)8(13)5-11-6-3-1-2-4-7(6)12(15)16/h1-4,8,11,13H,5H2,(H2,10,14). The van der Waals surface area contributed by atoms with E-state index >= 15 is 0 Å². The molecule has 1 rings (SSSR count). The number of anilines is 1. The number of nitrogens with two attached hydrogens (primary N) is 1. The maximum Gasteiger partial charge on any atom is 0.292 e. The highest BCUT2D eigenvalue weighted by atomic mass is 16.6. The first-order chi connectivity index (χ1) is 7.52. The average Bonchev–Trinajstić information content (AvgIpc) is 2.25. The number of nitrogens with one attached hydrogen (secondary N) is 1. The molecule has 0 aliphatic heterocycles. The quantitative estimate of drug-likeness (QED) is 0.475. The monoisotopic (exact) mass is 225 g/mol. The summed E-state index contributed by atoms with van der Waals surface area (Å²) in [5.74, 6) is -0.883. The van der Waals surface area contributed by atoms with Crippen LogP contribution < -0.4 is 11.1 Å². The van der Waals surface area contributed by atoms with Crippen molar-refractivity contribution in [3.05, 3.63) is 34.4 Å². The van der Waals surface area contributed by atoms with Gasteiger partial charge in [-0.1, -0.05) is 12.1 Å². The minimum absolute atomic E-state index is 0.126. The number of carbonyl (C=O) groups excluding carboxylic acids is 1. The number of hydrogen-bond donors (Lipinski definition) is 3. The van der Waals surface area contributed by atoms with E-state index in [9.17, 15) is 14.9 Å². The van der Waals surface area contributed by atoms with E-state index in [1.165, 1.54) is 18.2 Å². The largest absolute Gasteiger partial charge is 0.381 e. The molecule has 0 fully saturated rings. The molecular formula is C9H11N3O4. The summed E-state index contributed by atoms with van der Waals surface area (Å²) >= 11 is 0. The lowest BCUT2D eigenvalue weighted by atomic mass is 10.2. The molecule has 7 nitrogen and oxygen atoms in total. The zero-order valence-electron chi connectivity index (χ0n) is 8.29. The fourth-order valence-corrected chi connectivity index (χ4v) is 1.09. The third-order valence-corrected chi connectivity index (χ3v) is 1.92. The van der Waals surface area contributed by atoms with E-state index in [0.29, 0.717) is 0 Å². The van der Waals surface area contributed by atoms with E-state index < -0.39 is 16.9 Å². The highest BCUT2D eigenvalue weighted by Crippen LogP contribution is 2.22. The molecule has 0 saturated heterocycles. The summed E-state index contributed by atoms with van der Waals surface area (Å²) in [5, 5.41) is 22.3. The van der Waals surface area contributed by atoms with Gasteiger partial charge in [-0.3, -0.25) is 14.9 Å². The summed E-state index contributed by atoms with van der Waals surface area (Å²) in [6.45, 7) is -0.166. The van der Waals surface area contributed by atoms with Crippen molar-refractivity contribution in [3.8, 4) is 0 Å². The number of aliphatic hydroxyl groups is 1. The number of nitro groups is 1. The molecule has 16 heavy (non-hydrogen) atoms. The number of rotatable bonds is 5. The molecule has 1 atom stereocenters. The van der Waals surface area contributed by atoms with Crippen molar-refractivity contribution in [3.63, 3.8) is 0 Å². The highest BCUT2D eigenvalue weighted by molar-refractivity contribution is 5.79. The Morgan fingerprint density at radius 1 is 1.56 bits per heavy atom. The van der Waals surface area contributed by atoms with E-state index in [2.05, 4.69) is 5.32 Å². The molecule has 0 aromatic heterocycles. The zero-order valence-corrected chi connectivity index (χ0v) is 8.29. The Kier molecular flexibility index (Phi) is 3.78. The minimum Gasteiger partial charge on any atom is -0.381 e. The van der Waals surface area contributed by atoms with Gasteiger partial charge in [-0.25, -0.2) is 0 Å². The second-order valence-corrected chi connectivity index (χ2v) is 3.07. The normalized spacial score (nSPS) is 11.8. The van der Waals surface area contributed by atoms with Crippen LogP contribution in [0.15, 0.2) is 24.3 Å². The number of benzene rings is 1.